The van der Waals surface area contributed by atoms with Crippen molar-refractivity contribution in [2.24, 2.45) is 7.05 Å². The molecule has 0 unspecified atom stereocenters. The Morgan fingerprint density at radius 3 is 2.70 bits per heavy atom. The van der Waals surface area contributed by atoms with Gasteiger partial charge >= 0.3 is 0 Å². The number of fused-ring (bicyclic) bond motifs is 1. The molecule has 0 aliphatic rings. The molecule has 3 aromatic heterocycles. The molecule has 5 nitrogen and oxygen atoms in total. The summed E-state index contributed by atoms with van der Waals surface area (Å²) >= 11 is 0. The van der Waals surface area contributed by atoms with Gasteiger partial charge in [-0.25, -0.2) is 9.37 Å². The van der Waals surface area contributed by atoms with Crippen molar-refractivity contribution in [3.05, 3.63) is 60.9 Å². The number of hydrogen-bond donors (Lipinski definition) is 1. The number of halogens is 1. The maximum atomic E-state index is 13.0. The predicted octanol–water partition coefficient (Wildman–Crippen LogP) is 3.89. The van der Waals surface area contributed by atoms with E-state index in [-0.39, 0.29) is 5.82 Å². The summed E-state index contributed by atoms with van der Waals surface area (Å²) in [6.45, 7) is 0. The third-order valence-corrected chi connectivity index (χ3v) is 3.57. The van der Waals surface area contributed by atoms with Crippen molar-refractivity contribution in [1.29, 1.82) is 0 Å². The molecule has 0 atom stereocenters. The van der Waals surface area contributed by atoms with Crippen molar-refractivity contribution < 1.29 is 9.13 Å². The molecule has 1 N–H and O–H groups in total. The fraction of sp³-hybridized carbons (Fsp3) is 0.0588. The highest BCUT2D eigenvalue weighted by molar-refractivity contribution is 5.93. The first kappa shape index (κ1) is 13.5. The van der Waals surface area contributed by atoms with E-state index in [0.717, 1.165) is 22.2 Å². The minimum atomic E-state index is -0.296. The molecule has 0 spiro atoms. The summed E-state index contributed by atoms with van der Waals surface area (Å²) in [6, 6.07) is 7.79. The number of nitrogens with one attached hydrogen (secondary N) is 1. The van der Waals surface area contributed by atoms with E-state index in [0.29, 0.717) is 11.5 Å². The molecule has 0 fully saturated rings. The summed E-state index contributed by atoms with van der Waals surface area (Å²) in [7, 11) is 1.87. The molecule has 0 aliphatic heterocycles. The second kappa shape index (κ2) is 5.24. The monoisotopic (exact) mass is 308 g/mol. The van der Waals surface area contributed by atoms with Crippen LogP contribution < -0.4 is 4.74 Å². The smallest absolute Gasteiger partial charge is 0.146 e. The lowest BCUT2D eigenvalue weighted by Crippen LogP contribution is -1.86. The highest BCUT2D eigenvalue weighted by Gasteiger charge is 2.10. The first-order valence-electron chi connectivity index (χ1n) is 7.08. The number of pyridine rings is 1. The fourth-order valence-corrected chi connectivity index (χ4v) is 2.48. The molecule has 0 bridgehead atoms. The molecule has 4 rings (SSSR count). The zero-order chi connectivity index (χ0) is 15.8. The molecule has 3 heterocycles. The van der Waals surface area contributed by atoms with Gasteiger partial charge in [0.05, 0.1) is 12.4 Å². The Hall–Kier alpha value is -3.15. The number of aromatic nitrogens is 4. The first-order valence-corrected chi connectivity index (χ1v) is 7.08. The zero-order valence-electron chi connectivity index (χ0n) is 12.3. The summed E-state index contributed by atoms with van der Waals surface area (Å²) in [6.07, 6.45) is 7.28. The van der Waals surface area contributed by atoms with Crippen LogP contribution in [-0.4, -0.2) is 19.7 Å². The van der Waals surface area contributed by atoms with Gasteiger partial charge in [0.1, 0.15) is 23.0 Å². The molecule has 0 amide bonds. The van der Waals surface area contributed by atoms with Crippen LogP contribution >= 0.6 is 0 Å². The van der Waals surface area contributed by atoms with Crippen LogP contribution in [0.15, 0.2) is 55.1 Å². The molecule has 4 aromatic rings. The van der Waals surface area contributed by atoms with Gasteiger partial charge in [-0.05, 0) is 30.3 Å². The van der Waals surface area contributed by atoms with E-state index in [9.17, 15) is 4.39 Å². The summed E-state index contributed by atoms with van der Waals surface area (Å²) in [5.74, 6) is 0.857. The largest absolute Gasteiger partial charge is 0.456 e. The third-order valence-electron chi connectivity index (χ3n) is 3.57. The molecule has 0 aliphatic carbocycles. The summed E-state index contributed by atoms with van der Waals surface area (Å²) < 4.78 is 20.4. The van der Waals surface area contributed by atoms with Crippen molar-refractivity contribution in [1.82, 2.24) is 19.7 Å². The van der Waals surface area contributed by atoms with Crippen LogP contribution in [0.2, 0.25) is 0 Å². The van der Waals surface area contributed by atoms with Gasteiger partial charge in [0.25, 0.3) is 0 Å². The number of ether oxygens (including phenoxy) is 1. The Kier molecular flexibility index (Phi) is 3.08. The normalized spacial score (nSPS) is 11.0. The van der Waals surface area contributed by atoms with Crippen molar-refractivity contribution >= 4 is 11.0 Å². The van der Waals surface area contributed by atoms with Crippen molar-refractivity contribution in [2.75, 3.05) is 0 Å². The van der Waals surface area contributed by atoms with Crippen LogP contribution in [0.4, 0.5) is 4.39 Å². The lowest BCUT2D eigenvalue weighted by atomic mass is 10.1. The Balaban J connectivity index is 1.73. The molecular weight excluding hydrogens is 295 g/mol. The highest BCUT2D eigenvalue weighted by Crippen LogP contribution is 2.31. The Labute approximate surface area is 131 Å². The second-order valence-corrected chi connectivity index (χ2v) is 5.23. The number of rotatable bonds is 3. The molecule has 114 valence electrons. The molecule has 0 radical (unpaired) electrons. The maximum absolute atomic E-state index is 13.0. The fourth-order valence-electron chi connectivity index (χ4n) is 2.48. The second-order valence-electron chi connectivity index (χ2n) is 5.23. The van der Waals surface area contributed by atoms with Gasteiger partial charge in [0.2, 0.25) is 0 Å². The van der Waals surface area contributed by atoms with Crippen molar-refractivity contribution in [3.8, 4) is 22.6 Å². The predicted molar refractivity (Wildman–Crippen MR) is 84.8 cm³/mol. The number of aromatic amines is 1. The maximum Gasteiger partial charge on any atom is 0.146 e. The summed E-state index contributed by atoms with van der Waals surface area (Å²) in [5.41, 5.74) is 2.78. The number of H-pyrrole nitrogens is 1. The van der Waals surface area contributed by atoms with Crippen LogP contribution in [0, 0.1) is 5.82 Å². The van der Waals surface area contributed by atoms with E-state index >= 15 is 0 Å². The van der Waals surface area contributed by atoms with Crippen LogP contribution in [0.1, 0.15) is 0 Å². The van der Waals surface area contributed by atoms with Crippen LogP contribution in [0.3, 0.4) is 0 Å². The van der Waals surface area contributed by atoms with E-state index in [2.05, 4.69) is 15.1 Å². The van der Waals surface area contributed by atoms with Gasteiger partial charge < -0.3 is 9.72 Å². The summed E-state index contributed by atoms with van der Waals surface area (Å²) in [5, 5.41) is 5.14. The van der Waals surface area contributed by atoms with Gasteiger partial charge in [-0.2, -0.15) is 5.10 Å². The molecule has 23 heavy (non-hydrogen) atoms. The van der Waals surface area contributed by atoms with E-state index in [1.165, 1.54) is 12.1 Å². The van der Waals surface area contributed by atoms with Gasteiger partial charge in [-0.1, -0.05) is 0 Å². The van der Waals surface area contributed by atoms with Gasteiger partial charge in [0.15, 0.2) is 0 Å². The van der Waals surface area contributed by atoms with E-state index in [1.807, 2.05) is 25.5 Å². The molecule has 1 aromatic carbocycles. The van der Waals surface area contributed by atoms with E-state index < -0.39 is 0 Å². The van der Waals surface area contributed by atoms with Crippen molar-refractivity contribution in [3.63, 3.8) is 0 Å². The highest BCUT2D eigenvalue weighted by atomic mass is 19.1. The quantitative estimate of drug-likeness (QED) is 0.624. The average molecular weight is 308 g/mol. The Bertz CT molecular complexity index is 972. The number of aryl methyl sites for hydroxylation is 1. The Morgan fingerprint density at radius 1 is 1.13 bits per heavy atom. The van der Waals surface area contributed by atoms with Crippen molar-refractivity contribution in [2.45, 2.75) is 0 Å². The number of nitrogens with zero attached hydrogens (tertiary/aromatic N) is 3. The van der Waals surface area contributed by atoms with Crippen LogP contribution in [0.5, 0.6) is 11.5 Å². The van der Waals surface area contributed by atoms with Crippen LogP contribution in [0.25, 0.3) is 22.2 Å². The lowest BCUT2D eigenvalue weighted by Gasteiger charge is -2.05. The minimum Gasteiger partial charge on any atom is -0.456 e. The van der Waals surface area contributed by atoms with Gasteiger partial charge in [0, 0.05) is 36.0 Å². The number of benzene rings is 1. The topological polar surface area (TPSA) is 55.7 Å². The van der Waals surface area contributed by atoms with Gasteiger partial charge in [-0.3, -0.25) is 4.68 Å². The number of hydrogen-bond acceptors (Lipinski definition) is 3. The molecular formula is C17H13FN4O. The van der Waals surface area contributed by atoms with Gasteiger partial charge in [-0.15, -0.1) is 0 Å². The summed E-state index contributed by atoms with van der Waals surface area (Å²) in [4.78, 5) is 7.51. The average Bonchev–Trinajstić information content (AvgIpc) is 3.15. The Morgan fingerprint density at radius 2 is 1.96 bits per heavy atom. The lowest BCUT2D eigenvalue weighted by molar-refractivity contribution is 0.479. The standard InChI is InChI=1S/C17H13FN4O/c1-22-10-11(7-21-22)16-9-20-17-15(16)6-14(8-19-17)23-13-4-2-12(18)3-5-13/h2-10H,1H3,(H,19,20). The molecule has 6 heteroatoms. The first-order chi connectivity index (χ1) is 11.2. The SMILES string of the molecule is Cn1cc(-c2c[nH]c3ncc(Oc4ccc(F)cc4)cc23)cn1. The molecule has 0 saturated carbocycles. The van der Waals surface area contributed by atoms with Crippen LogP contribution in [-0.2, 0) is 7.05 Å². The van der Waals surface area contributed by atoms with E-state index in [4.69, 9.17) is 4.74 Å². The third kappa shape index (κ3) is 2.55. The zero-order valence-corrected chi connectivity index (χ0v) is 12.3. The molecule has 0 saturated heterocycles. The minimum absolute atomic E-state index is 0.296. The van der Waals surface area contributed by atoms with E-state index in [1.54, 1.807) is 29.2 Å².